The van der Waals surface area contributed by atoms with Gasteiger partial charge in [-0.2, -0.15) is 0 Å². The highest BCUT2D eigenvalue weighted by molar-refractivity contribution is 5.89. The van der Waals surface area contributed by atoms with Crippen LogP contribution in [-0.2, 0) is 9.59 Å². The van der Waals surface area contributed by atoms with Crippen molar-refractivity contribution in [1.82, 2.24) is 6.15 Å². The summed E-state index contributed by atoms with van der Waals surface area (Å²) in [5.74, 6) is -2.51. The number of carboxylic acid groups (broad SMARTS) is 2. The molecule has 0 aromatic rings. The molecule has 0 heterocycles. The predicted molar refractivity (Wildman–Crippen MR) is 49.9 cm³/mol. The first kappa shape index (κ1) is 17.5. The Labute approximate surface area is 77.0 Å². The molecule has 0 unspecified atom stereocenters. The van der Waals surface area contributed by atoms with Crippen molar-refractivity contribution in [1.29, 1.82) is 0 Å². The van der Waals surface area contributed by atoms with Gasteiger partial charge in [-0.3, -0.25) is 0 Å². The van der Waals surface area contributed by atoms with Crippen molar-refractivity contribution in [2.75, 3.05) is 0 Å². The zero-order chi connectivity index (χ0) is 10.1. The second-order valence-corrected chi connectivity index (χ2v) is 2.22. The maximum atomic E-state index is 9.55. The fourth-order valence-corrected chi connectivity index (χ4v) is 0.143. The number of aliphatic carboxylic acids is 2. The van der Waals surface area contributed by atoms with E-state index >= 15 is 0 Å². The van der Waals surface area contributed by atoms with Gasteiger partial charge in [-0.1, -0.05) is 5.57 Å². The number of rotatable bonds is 2. The molecule has 0 aliphatic carbocycles. The van der Waals surface area contributed by atoms with E-state index in [0.717, 1.165) is 0 Å². The van der Waals surface area contributed by atoms with Gasteiger partial charge in [0.15, 0.2) is 0 Å². The number of hydrogen-bond donors (Lipinski definition) is 3. The standard InChI is InChI=1S/C4H4O4.C4H8.H3N/c5-3(6)1-2-4(7)8;1-4(2)3;/h1-2H,(H,5,6)(H,7,8);1H2,2-3H3;1H3/b2-1-;;. The molecular weight excluding hydrogens is 174 g/mol. The Morgan fingerprint density at radius 2 is 1.23 bits per heavy atom. The summed E-state index contributed by atoms with van der Waals surface area (Å²) in [4.78, 5) is 19.1. The molecule has 0 fully saturated rings. The smallest absolute Gasteiger partial charge is 0.328 e. The fourth-order valence-electron chi connectivity index (χ4n) is 0.143. The van der Waals surface area contributed by atoms with E-state index in [-0.39, 0.29) is 6.15 Å². The Morgan fingerprint density at radius 1 is 1.08 bits per heavy atom. The molecule has 13 heavy (non-hydrogen) atoms. The lowest BCUT2D eigenvalue weighted by molar-refractivity contribution is -0.134. The van der Waals surface area contributed by atoms with E-state index in [1.807, 2.05) is 13.8 Å². The van der Waals surface area contributed by atoms with E-state index in [4.69, 9.17) is 10.2 Å². The van der Waals surface area contributed by atoms with Crippen molar-refractivity contribution in [3.63, 3.8) is 0 Å². The first-order chi connectivity index (χ1) is 5.36. The van der Waals surface area contributed by atoms with Crippen LogP contribution >= 0.6 is 0 Å². The zero-order valence-corrected chi connectivity index (χ0v) is 7.78. The third-order valence-corrected chi connectivity index (χ3v) is 0.368. The Kier molecular flexibility index (Phi) is 13.9. The van der Waals surface area contributed by atoms with Crippen molar-refractivity contribution in [3.8, 4) is 0 Å². The van der Waals surface area contributed by atoms with Crippen molar-refractivity contribution in [3.05, 3.63) is 24.3 Å². The molecule has 0 rings (SSSR count). The van der Waals surface area contributed by atoms with Gasteiger partial charge in [-0.15, -0.1) is 6.58 Å². The summed E-state index contributed by atoms with van der Waals surface area (Å²) >= 11 is 0. The summed E-state index contributed by atoms with van der Waals surface area (Å²) in [7, 11) is 0. The maximum Gasteiger partial charge on any atom is 0.328 e. The normalized spacial score (nSPS) is 7.85. The molecule has 0 bridgehead atoms. The minimum Gasteiger partial charge on any atom is -0.478 e. The predicted octanol–water partition coefficient (Wildman–Crippen LogP) is 1.46. The van der Waals surface area contributed by atoms with Gasteiger partial charge in [0.1, 0.15) is 0 Å². The molecule has 0 saturated heterocycles. The minimum absolute atomic E-state index is 0. The zero-order valence-electron chi connectivity index (χ0n) is 7.78. The van der Waals surface area contributed by atoms with Crippen molar-refractivity contribution < 1.29 is 19.8 Å². The van der Waals surface area contributed by atoms with Crippen LogP contribution in [0.1, 0.15) is 13.8 Å². The summed E-state index contributed by atoms with van der Waals surface area (Å²) in [6, 6.07) is 0. The van der Waals surface area contributed by atoms with Crippen LogP contribution in [0.4, 0.5) is 0 Å². The van der Waals surface area contributed by atoms with Crippen LogP contribution in [-0.4, -0.2) is 22.2 Å². The van der Waals surface area contributed by atoms with Gasteiger partial charge < -0.3 is 16.4 Å². The van der Waals surface area contributed by atoms with Gasteiger partial charge in [0.2, 0.25) is 0 Å². The highest BCUT2D eigenvalue weighted by Crippen LogP contribution is 1.73. The molecule has 0 radical (unpaired) electrons. The Morgan fingerprint density at radius 3 is 1.31 bits per heavy atom. The second-order valence-electron chi connectivity index (χ2n) is 2.22. The maximum absolute atomic E-state index is 9.55. The quantitative estimate of drug-likeness (QED) is 0.450. The van der Waals surface area contributed by atoms with Gasteiger partial charge in [-0.25, -0.2) is 9.59 Å². The average molecular weight is 189 g/mol. The van der Waals surface area contributed by atoms with E-state index in [1.165, 1.54) is 5.57 Å². The van der Waals surface area contributed by atoms with E-state index in [9.17, 15) is 9.59 Å². The Balaban J connectivity index is -0.000000173. The van der Waals surface area contributed by atoms with E-state index < -0.39 is 11.9 Å². The van der Waals surface area contributed by atoms with E-state index in [2.05, 4.69) is 6.58 Å². The lowest BCUT2D eigenvalue weighted by Crippen LogP contribution is -1.91. The van der Waals surface area contributed by atoms with E-state index in [0.29, 0.717) is 12.2 Å². The summed E-state index contributed by atoms with van der Waals surface area (Å²) in [5.41, 5.74) is 1.17. The summed E-state index contributed by atoms with van der Waals surface area (Å²) in [5, 5.41) is 15.6. The van der Waals surface area contributed by atoms with Crippen LogP contribution in [0.25, 0.3) is 0 Å². The highest BCUT2D eigenvalue weighted by Gasteiger charge is 1.88. The lowest BCUT2D eigenvalue weighted by Gasteiger charge is -1.74. The van der Waals surface area contributed by atoms with Crippen LogP contribution < -0.4 is 6.15 Å². The first-order valence-corrected chi connectivity index (χ1v) is 3.12. The number of carboxylic acids is 2. The second kappa shape index (κ2) is 10.4. The van der Waals surface area contributed by atoms with Crippen LogP contribution in [0.2, 0.25) is 0 Å². The molecule has 0 spiro atoms. The molecule has 0 amide bonds. The largest absolute Gasteiger partial charge is 0.478 e. The molecule has 5 nitrogen and oxygen atoms in total. The molecule has 5 heteroatoms. The van der Waals surface area contributed by atoms with Crippen LogP contribution in [0, 0.1) is 0 Å². The van der Waals surface area contributed by atoms with E-state index in [1.54, 1.807) is 0 Å². The van der Waals surface area contributed by atoms with Gasteiger partial charge >= 0.3 is 11.9 Å². The molecule has 0 aliphatic heterocycles. The molecule has 0 saturated carbocycles. The number of carbonyl (C=O) groups is 2. The van der Waals surface area contributed by atoms with Crippen LogP contribution in [0.3, 0.4) is 0 Å². The third kappa shape index (κ3) is 63.8. The monoisotopic (exact) mass is 189 g/mol. The van der Waals surface area contributed by atoms with Gasteiger partial charge in [-0.05, 0) is 13.8 Å². The molecular formula is C8H15NO4. The van der Waals surface area contributed by atoms with Crippen molar-refractivity contribution >= 4 is 11.9 Å². The Bertz CT molecular complexity index is 188. The summed E-state index contributed by atoms with van der Waals surface area (Å²) < 4.78 is 0. The SMILES string of the molecule is C=C(C)C.N.O=C(O)/C=C\C(=O)O. The van der Waals surface area contributed by atoms with Crippen molar-refractivity contribution in [2.24, 2.45) is 0 Å². The Hall–Kier alpha value is -1.62. The van der Waals surface area contributed by atoms with Gasteiger partial charge in [0, 0.05) is 12.2 Å². The molecule has 76 valence electrons. The number of allylic oxidation sites excluding steroid dienone is 1. The molecule has 0 aromatic carbocycles. The molecule has 0 aromatic heterocycles. The molecule has 0 aliphatic rings. The van der Waals surface area contributed by atoms with Crippen molar-refractivity contribution in [2.45, 2.75) is 13.8 Å². The lowest BCUT2D eigenvalue weighted by atomic mass is 10.4. The van der Waals surface area contributed by atoms with Crippen LogP contribution in [0.15, 0.2) is 24.3 Å². The highest BCUT2D eigenvalue weighted by atomic mass is 16.4. The minimum atomic E-state index is -1.26. The topological polar surface area (TPSA) is 110 Å². The molecule has 5 N–H and O–H groups in total. The summed E-state index contributed by atoms with van der Waals surface area (Å²) in [6.45, 7) is 7.50. The average Bonchev–Trinajstić information content (AvgIpc) is 1.82. The third-order valence-electron chi connectivity index (χ3n) is 0.368. The fraction of sp³-hybridized carbons (Fsp3) is 0.250. The first-order valence-electron chi connectivity index (χ1n) is 3.12. The number of hydrogen-bond acceptors (Lipinski definition) is 3. The molecule has 0 atom stereocenters. The van der Waals surface area contributed by atoms with Gasteiger partial charge in [0.05, 0.1) is 0 Å². The van der Waals surface area contributed by atoms with Gasteiger partial charge in [0.25, 0.3) is 0 Å². The summed E-state index contributed by atoms with van der Waals surface area (Å²) in [6.07, 6.45) is 1.12. The van der Waals surface area contributed by atoms with Crippen LogP contribution in [0.5, 0.6) is 0 Å².